The third-order valence-electron chi connectivity index (χ3n) is 5.90. The molecule has 1 fully saturated rings. The van der Waals surface area contributed by atoms with Gasteiger partial charge in [0.1, 0.15) is 4.75 Å². The Morgan fingerprint density at radius 2 is 1.94 bits per heavy atom. The minimum atomic E-state index is -4.22. The molecule has 3 atom stereocenters. The number of nitrogens with zero attached hydrogens (tertiary/aromatic N) is 1. The number of fused-ring (bicyclic) bond motifs is 1. The number of benzene rings is 2. The van der Waals surface area contributed by atoms with E-state index in [-0.39, 0.29) is 16.8 Å². The molecule has 2 aromatic carbocycles. The summed E-state index contributed by atoms with van der Waals surface area (Å²) in [5.41, 5.74) is 0.509. The molecule has 1 aliphatic carbocycles. The molecular formula is C23H22FNO4S2. The summed E-state index contributed by atoms with van der Waals surface area (Å²) in [7, 11) is -2.84. The van der Waals surface area contributed by atoms with Crippen molar-refractivity contribution in [3.05, 3.63) is 70.9 Å². The van der Waals surface area contributed by atoms with Gasteiger partial charge in [0.05, 0.1) is 22.6 Å². The maximum Gasteiger partial charge on any atom is 0.322 e. The molecule has 0 radical (unpaired) electrons. The smallest absolute Gasteiger partial charge is 0.322 e. The van der Waals surface area contributed by atoms with E-state index in [1.54, 1.807) is 36.4 Å². The van der Waals surface area contributed by atoms with E-state index in [2.05, 4.69) is 0 Å². The van der Waals surface area contributed by atoms with Crippen molar-refractivity contribution < 1.29 is 22.3 Å². The lowest BCUT2D eigenvalue weighted by atomic mass is 9.85. The van der Waals surface area contributed by atoms with E-state index in [0.29, 0.717) is 12.0 Å². The van der Waals surface area contributed by atoms with Crippen LogP contribution in [-0.2, 0) is 24.9 Å². The number of carbonyl (C=O) groups is 1. The number of rotatable bonds is 5. The molecule has 1 saturated carbocycles. The summed E-state index contributed by atoms with van der Waals surface area (Å²) in [6.45, 7) is 3.81. The molecule has 0 aromatic heterocycles. The van der Waals surface area contributed by atoms with Gasteiger partial charge in [-0.3, -0.25) is 9.79 Å². The van der Waals surface area contributed by atoms with Gasteiger partial charge in [0.15, 0.2) is 0 Å². The van der Waals surface area contributed by atoms with Gasteiger partial charge in [-0.15, -0.1) is 0 Å². The zero-order valence-electron chi connectivity index (χ0n) is 17.3. The molecule has 0 saturated heterocycles. The lowest BCUT2D eigenvalue weighted by Crippen LogP contribution is -2.37. The van der Waals surface area contributed by atoms with Crippen LogP contribution in [0.4, 0.5) is 4.39 Å². The maximum atomic E-state index is 14.8. The zero-order chi connectivity index (χ0) is 22.4. The molecule has 5 nitrogen and oxygen atoms in total. The molecule has 0 bridgehead atoms. The molecule has 2 aliphatic rings. The van der Waals surface area contributed by atoms with E-state index in [1.807, 2.05) is 19.9 Å². The van der Waals surface area contributed by atoms with E-state index in [1.165, 1.54) is 31.0 Å². The quantitative estimate of drug-likeness (QED) is 0.604. The first-order valence-corrected chi connectivity index (χ1v) is 12.1. The lowest BCUT2D eigenvalue weighted by molar-refractivity contribution is -0.141. The van der Waals surface area contributed by atoms with Crippen LogP contribution in [-0.4, -0.2) is 31.3 Å². The highest BCUT2D eigenvalue weighted by molar-refractivity contribution is 8.16. The summed E-state index contributed by atoms with van der Waals surface area (Å²) >= 11 is 1.43. The summed E-state index contributed by atoms with van der Waals surface area (Å²) in [6, 6.07) is 14.5. The number of ether oxygens (including phenoxy) is 1. The Balaban J connectivity index is 1.70. The van der Waals surface area contributed by atoms with E-state index in [4.69, 9.17) is 9.73 Å². The minimum Gasteiger partial charge on any atom is -0.468 e. The van der Waals surface area contributed by atoms with Crippen LogP contribution in [0.25, 0.3) is 6.08 Å². The number of hydrogen-bond donors (Lipinski definition) is 0. The van der Waals surface area contributed by atoms with Gasteiger partial charge < -0.3 is 4.74 Å². The Morgan fingerprint density at radius 3 is 2.61 bits per heavy atom. The fourth-order valence-electron chi connectivity index (χ4n) is 4.27. The van der Waals surface area contributed by atoms with Crippen molar-refractivity contribution in [3.63, 3.8) is 0 Å². The first-order valence-electron chi connectivity index (χ1n) is 9.75. The Kier molecular flexibility index (Phi) is 5.34. The number of sulfone groups is 1. The third kappa shape index (κ3) is 3.61. The van der Waals surface area contributed by atoms with Crippen LogP contribution < -0.4 is 0 Å². The first kappa shape index (κ1) is 21.8. The Morgan fingerprint density at radius 1 is 1.23 bits per heavy atom. The second-order valence-corrected chi connectivity index (χ2v) is 11.3. The predicted octanol–water partition coefficient (Wildman–Crippen LogP) is 4.74. The van der Waals surface area contributed by atoms with Gasteiger partial charge >= 0.3 is 5.97 Å². The second kappa shape index (κ2) is 7.60. The zero-order valence-corrected chi connectivity index (χ0v) is 19.0. The summed E-state index contributed by atoms with van der Waals surface area (Å²) in [4.78, 5) is 17.2. The van der Waals surface area contributed by atoms with Gasteiger partial charge in [-0.2, -0.15) is 4.39 Å². The average Bonchev–Trinajstić information content (AvgIpc) is 3.50. The lowest BCUT2D eigenvalue weighted by Gasteiger charge is -2.33. The normalized spacial score (nSPS) is 27.8. The maximum absolute atomic E-state index is 14.8. The highest BCUT2D eigenvalue weighted by Crippen LogP contribution is 2.66. The molecule has 0 N–H and O–H groups in total. The van der Waals surface area contributed by atoms with Crippen LogP contribution in [0.2, 0.25) is 0 Å². The van der Waals surface area contributed by atoms with Crippen molar-refractivity contribution >= 4 is 38.7 Å². The van der Waals surface area contributed by atoms with Crippen LogP contribution in [0.5, 0.6) is 0 Å². The van der Waals surface area contributed by atoms with Crippen molar-refractivity contribution in [2.24, 2.45) is 10.9 Å². The van der Waals surface area contributed by atoms with Crippen LogP contribution in [0.15, 0.2) is 69.6 Å². The van der Waals surface area contributed by atoms with Crippen LogP contribution >= 0.6 is 11.8 Å². The summed E-state index contributed by atoms with van der Waals surface area (Å²) in [5.74, 6) is -0.322. The molecule has 1 heterocycles. The van der Waals surface area contributed by atoms with E-state index in [9.17, 15) is 17.6 Å². The molecular weight excluding hydrogens is 437 g/mol. The van der Waals surface area contributed by atoms with E-state index >= 15 is 0 Å². The number of thioether (sulfide) groups is 1. The molecule has 2 unspecified atom stereocenters. The van der Waals surface area contributed by atoms with Crippen molar-refractivity contribution in [3.8, 4) is 0 Å². The number of carbonyl (C=O) groups excluding carboxylic acids is 1. The molecule has 0 spiro atoms. The molecule has 0 amide bonds. The number of hydrogen-bond acceptors (Lipinski definition) is 6. The van der Waals surface area contributed by atoms with E-state index < -0.39 is 25.3 Å². The van der Waals surface area contributed by atoms with Crippen molar-refractivity contribution in [2.45, 2.75) is 35.4 Å². The largest absolute Gasteiger partial charge is 0.468 e. The number of aliphatic imine (C=N–C) groups is 1. The van der Waals surface area contributed by atoms with Crippen LogP contribution in [0.3, 0.4) is 0 Å². The van der Waals surface area contributed by atoms with Crippen LogP contribution in [0, 0.1) is 5.92 Å². The second-order valence-electron chi connectivity index (χ2n) is 7.91. The summed E-state index contributed by atoms with van der Waals surface area (Å²) in [5, 5.41) is -0.448. The number of halogens is 1. The monoisotopic (exact) mass is 459 g/mol. The van der Waals surface area contributed by atoms with Gasteiger partial charge in [-0.25, -0.2) is 8.42 Å². The van der Waals surface area contributed by atoms with Gasteiger partial charge in [0.2, 0.25) is 15.0 Å². The topological polar surface area (TPSA) is 72.8 Å². The molecule has 8 heteroatoms. The highest BCUT2D eigenvalue weighted by Gasteiger charge is 2.70. The number of esters is 1. The highest BCUT2D eigenvalue weighted by atomic mass is 32.2. The molecule has 31 heavy (non-hydrogen) atoms. The summed E-state index contributed by atoms with van der Waals surface area (Å²) < 4.78 is 44.2. The van der Waals surface area contributed by atoms with Crippen molar-refractivity contribution in [1.29, 1.82) is 0 Å². The molecule has 1 aliphatic heterocycles. The third-order valence-corrected chi connectivity index (χ3v) is 8.79. The first-order chi connectivity index (χ1) is 14.6. The fraction of sp³-hybridized carbons (Fsp3) is 0.304. The van der Waals surface area contributed by atoms with Gasteiger partial charge in [-0.05, 0) is 55.7 Å². The molecule has 162 valence electrons. The Hall–Kier alpha value is -2.45. The molecule has 4 rings (SSSR count). The van der Waals surface area contributed by atoms with Gasteiger partial charge in [0.25, 0.3) is 0 Å². The summed E-state index contributed by atoms with van der Waals surface area (Å²) in [6.07, 6.45) is 1.66. The Bertz CT molecular complexity index is 1210. The van der Waals surface area contributed by atoms with Crippen molar-refractivity contribution in [2.75, 3.05) is 7.11 Å². The molecule has 2 aromatic rings. The SMILES string of the molecule is COC(=O)C12CC1[C@@](C)(c1cccc(/C=C(\F)S(=O)(=O)c3ccccc3)c1)N=C(C)S2. The number of methoxy groups -OCH3 is 1. The van der Waals surface area contributed by atoms with Gasteiger partial charge in [-0.1, -0.05) is 48.2 Å². The van der Waals surface area contributed by atoms with Crippen molar-refractivity contribution in [1.82, 2.24) is 0 Å². The van der Waals surface area contributed by atoms with Crippen LogP contribution in [0.1, 0.15) is 31.4 Å². The minimum absolute atomic E-state index is 0.0572. The average molecular weight is 460 g/mol. The Labute approximate surface area is 185 Å². The van der Waals surface area contributed by atoms with Gasteiger partial charge in [0, 0.05) is 5.92 Å². The predicted molar refractivity (Wildman–Crippen MR) is 120 cm³/mol. The standard InChI is InChI=1S/C23H22FNO4S2/c1-15-25-22(2,19-14-23(19,30-15)21(26)29-3)17-9-7-8-16(12-17)13-20(24)31(27,28)18-10-5-4-6-11-18/h4-13,19H,14H2,1-3H3/b20-13+/t19?,22-,23?/m1/s1. The fourth-order valence-corrected chi connectivity index (χ4v) is 6.85. The van der Waals surface area contributed by atoms with E-state index in [0.717, 1.165) is 16.7 Å².